The van der Waals surface area contributed by atoms with E-state index in [1.165, 1.54) is 11.3 Å². The average molecular weight is 461 g/mol. The van der Waals surface area contributed by atoms with Crippen molar-refractivity contribution in [3.05, 3.63) is 47.1 Å². The third kappa shape index (κ3) is 5.02. The topological polar surface area (TPSA) is 52.2 Å². The van der Waals surface area contributed by atoms with Gasteiger partial charge in [0.2, 0.25) is 0 Å². The number of nitrogens with zero attached hydrogens (tertiary/aromatic N) is 3. The average Bonchev–Trinajstić information content (AvgIpc) is 3.42. The SMILES string of the molecule is CCCC(F)(F)C(CC(=O)c1cnc(N2CCN(C)CC2)s1)Cc1c[nH]c2ccccc12. The predicted molar refractivity (Wildman–Crippen MR) is 126 cm³/mol. The summed E-state index contributed by atoms with van der Waals surface area (Å²) in [5.41, 5.74) is 1.75. The molecule has 1 N–H and O–H groups in total. The van der Waals surface area contributed by atoms with E-state index in [0.717, 1.165) is 47.8 Å². The molecule has 0 radical (unpaired) electrons. The summed E-state index contributed by atoms with van der Waals surface area (Å²) in [4.78, 5) is 25.5. The number of thiazole rings is 1. The lowest BCUT2D eigenvalue weighted by Crippen LogP contribution is -2.44. The highest BCUT2D eigenvalue weighted by Crippen LogP contribution is 2.37. The number of aromatic nitrogens is 2. The first-order chi connectivity index (χ1) is 15.4. The normalized spacial score (nSPS) is 16.6. The molecule has 5 nitrogen and oxygen atoms in total. The van der Waals surface area contributed by atoms with Gasteiger partial charge in [-0.2, -0.15) is 0 Å². The molecule has 1 aromatic carbocycles. The lowest BCUT2D eigenvalue weighted by molar-refractivity contribution is -0.0656. The van der Waals surface area contributed by atoms with Crippen LogP contribution in [0.1, 0.15) is 41.4 Å². The number of hydrogen-bond donors (Lipinski definition) is 1. The number of likely N-dealkylation sites (N-methyl/N-ethyl adjacent to an activating group) is 1. The number of piperazine rings is 1. The first-order valence-electron chi connectivity index (χ1n) is 11.2. The van der Waals surface area contributed by atoms with Gasteiger partial charge in [-0.3, -0.25) is 4.79 Å². The standard InChI is InChI=1S/C24H30F2N4OS/c1-3-8-24(25,26)18(13-17-15-27-20-7-5-4-6-19(17)20)14-21(31)22-16-28-23(32-22)30-11-9-29(2)10-12-30/h4-7,15-16,18,27H,3,8-14H2,1-2H3. The van der Waals surface area contributed by atoms with Crippen LogP contribution >= 0.6 is 11.3 Å². The molecule has 2 aromatic heterocycles. The number of aromatic amines is 1. The number of alkyl halides is 2. The number of carbonyl (C=O) groups excluding carboxylic acids is 1. The molecule has 0 aliphatic carbocycles. The first-order valence-corrected chi connectivity index (χ1v) is 12.0. The number of Topliss-reactive ketones (excluding diaryl/α,β-unsaturated/α-hetero) is 1. The highest BCUT2D eigenvalue weighted by Gasteiger charge is 2.40. The third-order valence-corrected chi connectivity index (χ3v) is 7.39. The van der Waals surface area contributed by atoms with Crippen LogP contribution < -0.4 is 4.90 Å². The Labute approximate surface area is 191 Å². The number of benzene rings is 1. The summed E-state index contributed by atoms with van der Waals surface area (Å²) in [6.07, 6.45) is 3.48. The quantitative estimate of drug-likeness (QED) is 0.444. The van der Waals surface area contributed by atoms with Gasteiger partial charge in [0, 0.05) is 62.0 Å². The van der Waals surface area contributed by atoms with Crippen LogP contribution in [0.5, 0.6) is 0 Å². The Hall–Kier alpha value is -2.32. The summed E-state index contributed by atoms with van der Waals surface area (Å²) in [5.74, 6) is -4.21. The van der Waals surface area contributed by atoms with Crippen molar-refractivity contribution in [1.29, 1.82) is 0 Å². The summed E-state index contributed by atoms with van der Waals surface area (Å²) in [6.45, 7) is 5.35. The van der Waals surface area contributed by atoms with Crippen LogP contribution in [0, 0.1) is 5.92 Å². The van der Waals surface area contributed by atoms with Gasteiger partial charge in [-0.05, 0) is 25.1 Å². The van der Waals surface area contributed by atoms with E-state index in [2.05, 4.69) is 26.8 Å². The van der Waals surface area contributed by atoms with Gasteiger partial charge in [-0.25, -0.2) is 13.8 Å². The van der Waals surface area contributed by atoms with Crippen molar-refractivity contribution < 1.29 is 13.6 Å². The van der Waals surface area contributed by atoms with Crippen molar-refractivity contribution in [2.24, 2.45) is 5.92 Å². The molecule has 1 atom stereocenters. The number of carbonyl (C=O) groups is 1. The zero-order valence-corrected chi connectivity index (χ0v) is 19.4. The Balaban J connectivity index is 1.51. The van der Waals surface area contributed by atoms with Crippen molar-refractivity contribution in [1.82, 2.24) is 14.9 Å². The van der Waals surface area contributed by atoms with E-state index in [1.807, 2.05) is 24.3 Å². The van der Waals surface area contributed by atoms with E-state index in [9.17, 15) is 4.79 Å². The number of fused-ring (bicyclic) bond motifs is 1. The van der Waals surface area contributed by atoms with E-state index >= 15 is 8.78 Å². The molecule has 3 aromatic rings. The fourth-order valence-corrected chi connectivity index (χ4v) is 5.25. The predicted octanol–water partition coefficient (Wildman–Crippen LogP) is 5.24. The molecule has 1 aliphatic heterocycles. The van der Waals surface area contributed by atoms with Crippen LogP contribution in [0.3, 0.4) is 0 Å². The maximum Gasteiger partial charge on any atom is 0.251 e. The largest absolute Gasteiger partial charge is 0.361 e. The molecule has 0 amide bonds. The Morgan fingerprint density at radius 1 is 1.25 bits per heavy atom. The van der Waals surface area contributed by atoms with Crippen LogP contribution in [0.2, 0.25) is 0 Å². The molecule has 1 unspecified atom stereocenters. The van der Waals surface area contributed by atoms with Gasteiger partial charge >= 0.3 is 0 Å². The van der Waals surface area contributed by atoms with Gasteiger partial charge in [0.1, 0.15) is 0 Å². The van der Waals surface area contributed by atoms with E-state index in [1.54, 1.807) is 19.3 Å². The second-order valence-corrected chi connectivity index (χ2v) is 9.71. The van der Waals surface area contributed by atoms with Gasteiger partial charge in [0.05, 0.1) is 11.1 Å². The van der Waals surface area contributed by atoms with Crippen LogP contribution in [-0.4, -0.2) is 59.8 Å². The van der Waals surface area contributed by atoms with Gasteiger partial charge in [0.15, 0.2) is 10.9 Å². The summed E-state index contributed by atoms with van der Waals surface area (Å²) >= 11 is 1.32. The van der Waals surface area contributed by atoms with Crippen LogP contribution in [-0.2, 0) is 6.42 Å². The summed E-state index contributed by atoms with van der Waals surface area (Å²) in [5, 5.41) is 1.74. The molecular formula is C24H30F2N4OS. The Bertz CT molecular complexity index is 1060. The number of halogens is 2. The fourth-order valence-electron chi connectivity index (χ4n) is 4.34. The molecule has 0 bridgehead atoms. The fraction of sp³-hybridized carbons (Fsp3) is 0.500. The van der Waals surface area contributed by atoms with Gasteiger partial charge in [-0.1, -0.05) is 42.9 Å². The first kappa shape index (κ1) is 22.9. The summed E-state index contributed by atoms with van der Waals surface area (Å²) < 4.78 is 30.2. The van der Waals surface area contributed by atoms with Crippen molar-refractivity contribution >= 4 is 33.2 Å². The molecule has 4 rings (SSSR count). The molecule has 32 heavy (non-hydrogen) atoms. The zero-order chi connectivity index (χ0) is 22.7. The molecule has 172 valence electrons. The number of ketones is 1. The minimum absolute atomic E-state index is 0.160. The van der Waals surface area contributed by atoms with E-state index in [0.29, 0.717) is 11.3 Å². The zero-order valence-electron chi connectivity index (χ0n) is 18.6. The molecule has 3 heterocycles. The number of anilines is 1. The van der Waals surface area contributed by atoms with Gasteiger partial charge in [-0.15, -0.1) is 0 Å². The number of para-hydroxylation sites is 1. The second kappa shape index (κ2) is 9.67. The smallest absolute Gasteiger partial charge is 0.251 e. The van der Waals surface area contributed by atoms with Crippen LogP contribution in [0.15, 0.2) is 36.7 Å². The third-order valence-electron chi connectivity index (χ3n) is 6.30. The second-order valence-electron chi connectivity index (χ2n) is 8.70. The molecule has 1 aliphatic rings. The molecule has 8 heteroatoms. The monoisotopic (exact) mass is 460 g/mol. The maximum absolute atomic E-state index is 15.1. The lowest BCUT2D eigenvalue weighted by atomic mass is 9.86. The van der Waals surface area contributed by atoms with Crippen molar-refractivity contribution in [3.63, 3.8) is 0 Å². The van der Waals surface area contributed by atoms with Crippen LogP contribution in [0.25, 0.3) is 10.9 Å². The molecule has 0 saturated carbocycles. The Morgan fingerprint density at radius 2 is 2.00 bits per heavy atom. The number of rotatable bonds is 9. The molecule has 1 saturated heterocycles. The van der Waals surface area contributed by atoms with Crippen LogP contribution in [0.4, 0.5) is 13.9 Å². The van der Waals surface area contributed by atoms with Crippen molar-refractivity contribution in [2.75, 3.05) is 38.1 Å². The summed E-state index contributed by atoms with van der Waals surface area (Å²) in [6, 6.07) is 7.68. The molecule has 1 fully saturated rings. The Morgan fingerprint density at radius 3 is 2.75 bits per heavy atom. The minimum Gasteiger partial charge on any atom is -0.361 e. The number of H-pyrrole nitrogens is 1. The lowest BCUT2D eigenvalue weighted by Gasteiger charge is -2.32. The maximum atomic E-state index is 15.1. The van der Waals surface area contributed by atoms with E-state index in [-0.39, 0.29) is 25.0 Å². The number of nitrogens with one attached hydrogen (secondary N) is 1. The van der Waals surface area contributed by atoms with Gasteiger partial charge in [0.25, 0.3) is 5.92 Å². The summed E-state index contributed by atoms with van der Waals surface area (Å²) in [7, 11) is 2.08. The minimum atomic E-state index is -2.91. The highest BCUT2D eigenvalue weighted by atomic mass is 32.1. The van der Waals surface area contributed by atoms with Crippen molar-refractivity contribution in [3.8, 4) is 0 Å². The van der Waals surface area contributed by atoms with E-state index < -0.39 is 11.8 Å². The van der Waals surface area contributed by atoms with Gasteiger partial charge < -0.3 is 14.8 Å². The van der Waals surface area contributed by atoms with E-state index in [4.69, 9.17) is 0 Å². The molecule has 0 spiro atoms. The number of hydrogen-bond acceptors (Lipinski definition) is 5. The molecular weight excluding hydrogens is 430 g/mol. The highest BCUT2D eigenvalue weighted by molar-refractivity contribution is 7.17. The Kier molecular flexibility index (Phi) is 6.90. The van der Waals surface area contributed by atoms with Crippen molar-refractivity contribution in [2.45, 2.75) is 38.5 Å².